The summed E-state index contributed by atoms with van der Waals surface area (Å²) in [5, 5.41) is 12.6. The number of aryl methyl sites for hydroxylation is 3. The number of fused-ring (bicyclic) bond motifs is 1. The van der Waals surface area contributed by atoms with Crippen LogP contribution in [0.25, 0.3) is 31.8 Å². The fourth-order valence-electron chi connectivity index (χ4n) is 5.54. The monoisotopic (exact) mass is 805 g/mol. The van der Waals surface area contributed by atoms with E-state index in [2.05, 4.69) is 88.9 Å². The van der Waals surface area contributed by atoms with Crippen molar-refractivity contribution in [2.45, 2.75) is 93.8 Å². The summed E-state index contributed by atoms with van der Waals surface area (Å²) in [6.07, 6.45) is 6.84. The van der Waals surface area contributed by atoms with Crippen molar-refractivity contribution in [3.63, 3.8) is 0 Å². The van der Waals surface area contributed by atoms with Crippen LogP contribution in [0.5, 0.6) is 0 Å². The maximum Gasteiger partial charge on any atom is 0.162 e. The molecule has 0 atom stereocenters. The second kappa shape index (κ2) is 16.8. The van der Waals surface area contributed by atoms with E-state index in [0.29, 0.717) is 0 Å². The maximum absolute atomic E-state index is 11.7. The van der Waals surface area contributed by atoms with Crippen LogP contribution in [-0.2, 0) is 24.9 Å². The Kier molecular flexibility index (Phi) is 14.4. The molecular formula is C38H50IrNO2SSi-. The number of rotatable bonds is 10. The summed E-state index contributed by atoms with van der Waals surface area (Å²) < 4.78 is 1.26. The minimum atomic E-state index is -1.28. The third-order valence-electron chi connectivity index (χ3n) is 8.35. The van der Waals surface area contributed by atoms with E-state index in [-0.39, 0.29) is 43.5 Å². The zero-order valence-electron chi connectivity index (χ0n) is 28.2. The third kappa shape index (κ3) is 9.32. The van der Waals surface area contributed by atoms with Crippen LogP contribution in [0.15, 0.2) is 60.5 Å². The van der Waals surface area contributed by atoms with Crippen molar-refractivity contribution in [2.24, 2.45) is 11.8 Å². The molecule has 0 spiro atoms. The molecule has 0 aliphatic carbocycles. The van der Waals surface area contributed by atoms with Crippen LogP contribution in [0.2, 0.25) is 19.6 Å². The van der Waals surface area contributed by atoms with Gasteiger partial charge < -0.3 is 10.1 Å². The zero-order chi connectivity index (χ0) is 31.9. The second-order valence-corrected chi connectivity index (χ2v) is 18.8. The van der Waals surface area contributed by atoms with Gasteiger partial charge in [0, 0.05) is 59.5 Å². The van der Waals surface area contributed by atoms with E-state index in [4.69, 9.17) is 4.98 Å². The van der Waals surface area contributed by atoms with Gasteiger partial charge in [0.2, 0.25) is 0 Å². The fourth-order valence-corrected chi connectivity index (χ4v) is 8.02. The fraction of sp³-hybridized carbons (Fsp3) is 0.421. The number of hydrogen-bond donors (Lipinski definition) is 1. The van der Waals surface area contributed by atoms with Crippen molar-refractivity contribution in [3.05, 3.63) is 83.3 Å². The first-order valence-electron chi connectivity index (χ1n) is 15.8. The Labute approximate surface area is 284 Å². The Morgan fingerprint density at radius 1 is 0.932 bits per heavy atom. The Morgan fingerprint density at radius 3 is 2.05 bits per heavy atom. The second-order valence-electron chi connectivity index (χ2n) is 12.7. The average molecular weight is 805 g/mol. The quantitative estimate of drug-likeness (QED) is 0.0752. The zero-order valence-corrected chi connectivity index (χ0v) is 32.4. The predicted octanol–water partition coefficient (Wildman–Crippen LogP) is 10.8. The van der Waals surface area contributed by atoms with Gasteiger partial charge in [-0.1, -0.05) is 90.6 Å². The molecule has 0 fully saturated rings. The van der Waals surface area contributed by atoms with Crippen molar-refractivity contribution in [1.82, 2.24) is 4.98 Å². The van der Waals surface area contributed by atoms with Crippen molar-refractivity contribution >= 4 is 40.5 Å². The van der Waals surface area contributed by atoms with E-state index >= 15 is 0 Å². The Balaban J connectivity index is 0.000000363. The first-order chi connectivity index (χ1) is 20.3. The molecule has 0 saturated carbocycles. The van der Waals surface area contributed by atoms with Crippen LogP contribution in [0, 0.1) is 38.7 Å². The summed E-state index contributed by atoms with van der Waals surface area (Å²) in [7, 11) is -1.28. The number of benzene rings is 2. The van der Waals surface area contributed by atoms with Crippen LogP contribution in [-0.4, -0.2) is 23.9 Å². The van der Waals surface area contributed by atoms with Gasteiger partial charge in [0.05, 0.1) is 13.8 Å². The first-order valence-corrected chi connectivity index (χ1v) is 20.1. The molecule has 0 bridgehead atoms. The van der Waals surface area contributed by atoms with Gasteiger partial charge in [0.15, 0.2) is 5.78 Å². The smallest absolute Gasteiger partial charge is 0.162 e. The minimum absolute atomic E-state index is 0. The van der Waals surface area contributed by atoms with E-state index in [0.717, 1.165) is 42.5 Å². The summed E-state index contributed by atoms with van der Waals surface area (Å²) in [4.78, 5) is 17.8. The molecule has 2 aromatic carbocycles. The Morgan fingerprint density at radius 2 is 1.52 bits per heavy atom. The molecule has 1 radical (unpaired) electrons. The molecule has 3 nitrogen and oxygen atoms in total. The number of allylic oxidation sites excluding steroid dienone is 2. The molecule has 4 aromatic rings. The van der Waals surface area contributed by atoms with E-state index in [1.165, 1.54) is 42.9 Å². The number of aromatic nitrogens is 1. The van der Waals surface area contributed by atoms with Crippen LogP contribution in [0.4, 0.5) is 0 Å². The standard InChI is InChI=1S/C25H26NSSi.C13H24O2.Ir/c1-16-13-17(2)15-20(14-16)23-25-22(11-12-26-23)18(3)24(27-25)19-7-9-21(10-8-19)28(4,5)6;1-5-10(6-2)12(14)9-13(15)11(7-3)8-4;/h7-14H,1-6H3;9-11,14H,5-8H2,1-4H3;/q-1;;/b;12-9-;. The summed E-state index contributed by atoms with van der Waals surface area (Å²) in [6.45, 7) is 21.7. The van der Waals surface area contributed by atoms with Gasteiger partial charge in [-0.05, 0) is 55.2 Å². The van der Waals surface area contributed by atoms with Crippen molar-refractivity contribution in [2.75, 3.05) is 0 Å². The minimum Gasteiger partial charge on any atom is -0.512 e. The van der Waals surface area contributed by atoms with Gasteiger partial charge in [-0.2, -0.15) is 0 Å². The van der Waals surface area contributed by atoms with Gasteiger partial charge in [-0.3, -0.25) is 4.79 Å². The normalized spacial score (nSPS) is 11.9. The molecular weight excluding hydrogens is 755 g/mol. The third-order valence-corrected chi connectivity index (χ3v) is 11.8. The SMILES string of the molecule is CCC(CC)C(=O)/C=C(\O)C(CC)CC.Cc1[c-]c(-c2nccc3c(C)c(-c4ccc([Si](C)(C)C)cc4)sc23)cc(C)c1.[Ir]. The first kappa shape index (κ1) is 37.8. The average Bonchev–Trinajstić information content (AvgIpc) is 3.30. The molecule has 0 aliphatic rings. The molecule has 2 heterocycles. The molecule has 0 saturated heterocycles. The topological polar surface area (TPSA) is 50.2 Å². The number of pyridine rings is 1. The number of thiophene rings is 1. The van der Waals surface area contributed by atoms with Gasteiger partial charge in [0.25, 0.3) is 0 Å². The summed E-state index contributed by atoms with van der Waals surface area (Å²) in [5.74, 6) is 0.547. The maximum atomic E-state index is 11.7. The molecule has 0 amide bonds. The van der Waals surface area contributed by atoms with Gasteiger partial charge in [-0.15, -0.1) is 46.2 Å². The van der Waals surface area contributed by atoms with Crippen LogP contribution in [0.1, 0.15) is 70.1 Å². The molecule has 44 heavy (non-hydrogen) atoms. The van der Waals surface area contributed by atoms with Crippen molar-refractivity contribution in [1.29, 1.82) is 0 Å². The van der Waals surface area contributed by atoms with E-state index < -0.39 is 8.07 Å². The summed E-state index contributed by atoms with van der Waals surface area (Å²) >= 11 is 1.85. The van der Waals surface area contributed by atoms with Gasteiger partial charge in [-0.25, -0.2) is 0 Å². The van der Waals surface area contributed by atoms with Gasteiger partial charge in [0.1, 0.15) is 0 Å². The molecule has 6 heteroatoms. The number of hydrogen-bond acceptors (Lipinski definition) is 4. The molecule has 2 aromatic heterocycles. The molecule has 0 aliphatic heterocycles. The molecule has 0 unspecified atom stereocenters. The summed E-state index contributed by atoms with van der Waals surface area (Å²) in [5.41, 5.74) is 7.18. The molecule has 1 N–H and O–H groups in total. The number of aliphatic hydroxyl groups excluding tert-OH is 1. The van der Waals surface area contributed by atoms with Gasteiger partial charge >= 0.3 is 0 Å². The van der Waals surface area contributed by atoms with E-state index in [1.807, 2.05) is 45.2 Å². The van der Waals surface area contributed by atoms with Crippen LogP contribution in [0.3, 0.4) is 0 Å². The summed E-state index contributed by atoms with van der Waals surface area (Å²) in [6, 6.07) is 19.2. The number of carbonyl (C=O) groups is 1. The van der Waals surface area contributed by atoms with Crippen LogP contribution < -0.4 is 5.19 Å². The predicted molar refractivity (Wildman–Crippen MR) is 190 cm³/mol. The van der Waals surface area contributed by atoms with E-state index in [1.54, 1.807) is 0 Å². The van der Waals surface area contributed by atoms with Crippen molar-refractivity contribution < 1.29 is 30.0 Å². The molecule has 239 valence electrons. The van der Waals surface area contributed by atoms with Crippen molar-refractivity contribution in [3.8, 4) is 21.7 Å². The Bertz CT molecular complexity index is 1540. The number of nitrogens with zero attached hydrogens (tertiary/aromatic N) is 1. The van der Waals surface area contributed by atoms with E-state index in [9.17, 15) is 9.90 Å². The number of aliphatic hydroxyl groups is 1. The molecule has 4 rings (SSSR count). The number of carbonyl (C=O) groups excluding carboxylic acids is 1. The Hall–Kier alpha value is -2.37. The van der Waals surface area contributed by atoms with Crippen LogP contribution >= 0.6 is 11.3 Å². The largest absolute Gasteiger partial charge is 0.512 e. The number of ketones is 1.